The van der Waals surface area contributed by atoms with Crippen molar-refractivity contribution in [2.24, 2.45) is 5.73 Å². The maximum Gasteiger partial charge on any atom is 0.307 e. The van der Waals surface area contributed by atoms with Crippen molar-refractivity contribution in [2.75, 3.05) is 6.54 Å². The van der Waals surface area contributed by atoms with Crippen LogP contribution in [0.25, 0.3) is 0 Å². The van der Waals surface area contributed by atoms with Crippen molar-refractivity contribution in [1.29, 1.82) is 0 Å². The quantitative estimate of drug-likeness (QED) is 0.826. The topological polar surface area (TPSA) is 48.0 Å². The van der Waals surface area contributed by atoms with Gasteiger partial charge in [-0.2, -0.15) is 0 Å². The van der Waals surface area contributed by atoms with Gasteiger partial charge >= 0.3 is 4.87 Å². The molecule has 0 saturated heterocycles. The summed E-state index contributed by atoms with van der Waals surface area (Å²) in [5.41, 5.74) is 6.73. The van der Waals surface area contributed by atoms with E-state index in [1.54, 1.807) is 0 Å². The van der Waals surface area contributed by atoms with E-state index in [0.717, 1.165) is 0 Å². The Kier molecular flexibility index (Phi) is 3.03. The lowest BCUT2D eigenvalue weighted by Crippen LogP contribution is -2.22. The molecule has 1 aromatic rings. The number of aromatic nitrogens is 1. The van der Waals surface area contributed by atoms with Crippen LogP contribution in [-0.2, 0) is 6.54 Å². The molecule has 78 valence electrons. The summed E-state index contributed by atoms with van der Waals surface area (Å²) in [6.07, 6.45) is 5.08. The molecule has 1 aliphatic rings. The van der Waals surface area contributed by atoms with Gasteiger partial charge in [-0.3, -0.25) is 4.79 Å². The van der Waals surface area contributed by atoms with Gasteiger partial charge in [-0.05, 0) is 12.8 Å². The third kappa shape index (κ3) is 1.77. The van der Waals surface area contributed by atoms with Crippen molar-refractivity contribution in [3.8, 4) is 0 Å². The molecule has 0 aromatic carbocycles. The predicted octanol–water partition coefficient (Wildman–Crippen LogP) is 1.53. The molecule has 0 amide bonds. The Morgan fingerprint density at radius 1 is 1.50 bits per heavy atom. The van der Waals surface area contributed by atoms with Crippen LogP contribution in [0.15, 0.2) is 10.2 Å². The highest BCUT2D eigenvalue weighted by molar-refractivity contribution is 7.07. The Bertz CT molecular complexity index is 349. The van der Waals surface area contributed by atoms with Crippen LogP contribution in [0.5, 0.6) is 0 Å². The molecule has 1 aromatic heterocycles. The maximum absolute atomic E-state index is 11.5. The Labute approximate surface area is 87.6 Å². The van der Waals surface area contributed by atoms with E-state index in [1.165, 1.54) is 42.7 Å². The number of thiazole rings is 1. The second-order valence-electron chi connectivity index (χ2n) is 3.85. The number of nitrogens with zero attached hydrogens (tertiary/aromatic N) is 1. The Morgan fingerprint density at radius 2 is 2.21 bits per heavy atom. The van der Waals surface area contributed by atoms with Crippen LogP contribution >= 0.6 is 11.3 Å². The lowest BCUT2D eigenvalue weighted by atomic mass is 10.1. The van der Waals surface area contributed by atoms with Gasteiger partial charge in [0.2, 0.25) is 0 Å². The highest BCUT2D eigenvalue weighted by atomic mass is 32.1. The molecule has 14 heavy (non-hydrogen) atoms. The van der Waals surface area contributed by atoms with Gasteiger partial charge in [-0.15, -0.1) is 0 Å². The molecule has 2 rings (SSSR count). The molecule has 0 bridgehead atoms. The fourth-order valence-corrected chi connectivity index (χ4v) is 3.10. The first kappa shape index (κ1) is 9.93. The molecule has 0 spiro atoms. The molecule has 1 fully saturated rings. The van der Waals surface area contributed by atoms with E-state index in [0.29, 0.717) is 19.0 Å². The first-order chi connectivity index (χ1) is 6.83. The molecule has 0 aliphatic heterocycles. The van der Waals surface area contributed by atoms with Crippen molar-refractivity contribution >= 4 is 11.3 Å². The Balaban J connectivity index is 2.27. The molecule has 0 atom stereocenters. The zero-order valence-corrected chi connectivity index (χ0v) is 9.05. The fourth-order valence-electron chi connectivity index (χ4n) is 2.23. The summed E-state index contributed by atoms with van der Waals surface area (Å²) in [4.78, 5) is 11.7. The van der Waals surface area contributed by atoms with Gasteiger partial charge in [-0.1, -0.05) is 24.2 Å². The number of rotatable bonds is 3. The van der Waals surface area contributed by atoms with Crippen molar-refractivity contribution in [3.63, 3.8) is 0 Å². The minimum atomic E-state index is 0.150. The summed E-state index contributed by atoms with van der Waals surface area (Å²) in [6, 6.07) is 0. The molecule has 3 nitrogen and oxygen atoms in total. The minimum absolute atomic E-state index is 0.150. The second-order valence-corrected chi connectivity index (χ2v) is 4.67. The third-order valence-electron chi connectivity index (χ3n) is 2.94. The smallest absolute Gasteiger partial charge is 0.307 e. The van der Waals surface area contributed by atoms with Crippen LogP contribution in [0.1, 0.15) is 37.3 Å². The largest absolute Gasteiger partial charge is 0.329 e. The zero-order chi connectivity index (χ0) is 9.97. The highest BCUT2D eigenvalue weighted by Crippen LogP contribution is 2.33. The van der Waals surface area contributed by atoms with E-state index < -0.39 is 0 Å². The van der Waals surface area contributed by atoms with Gasteiger partial charge < -0.3 is 10.3 Å². The molecule has 0 unspecified atom stereocenters. The molecule has 1 heterocycles. The fraction of sp³-hybridized carbons (Fsp3) is 0.700. The van der Waals surface area contributed by atoms with E-state index in [1.807, 2.05) is 9.95 Å². The summed E-state index contributed by atoms with van der Waals surface area (Å²) in [6.45, 7) is 1.23. The first-order valence-corrected chi connectivity index (χ1v) is 6.09. The number of hydrogen-bond donors (Lipinski definition) is 1. The van der Waals surface area contributed by atoms with Crippen LogP contribution in [0.4, 0.5) is 0 Å². The average molecular weight is 212 g/mol. The van der Waals surface area contributed by atoms with Gasteiger partial charge in [0.1, 0.15) is 0 Å². The number of nitrogens with two attached hydrogens (primary N) is 1. The van der Waals surface area contributed by atoms with Gasteiger partial charge in [0.15, 0.2) is 0 Å². The monoisotopic (exact) mass is 212 g/mol. The lowest BCUT2D eigenvalue weighted by molar-refractivity contribution is 0.594. The van der Waals surface area contributed by atoms with Crippen LogP contribution in [0.3, 0.4) is 0 Å². The molecule has 1 saturated carbocycles. The summed E-state index contributed by atoms with van der Waals surface area (Å²) >= 11 is 1.31. The van der Waals surface area contributed by atoms with Gasteiger partial charge in [-0.25, -0.2) is 0 Å². The molecule has 0 radical (unpaired) electrons. The van der Waals surface area contributed by atoms with E-state index in [2.05, 4.69) is 0 Å². The van der Waals surface area contributed by atoms with Crippen LogP contribution in [0.2, 0.25) is 0 Å². The molecule has 1 aliphatic carbocycles. The van der Waals surface area contributed by atoms with Crippen LogP contribution < -0.4 is 10.6 Å². The summed E-state index contributed by atoms with van der Waals surface area (Å²) in [5, 5.41) is 2.02. The zero-order valence-electron chi connectivity index (χ0n) is 8.24. The van der Waals surface area contributed by atoms with E-state index >= 15 is 0 Å². The Hall–Kier alpha value is -0.610. The van der Waals surface area contributed by atoms with Crippen molar-refractivity contribution in [1.82, 2.24) is 4.57 Å². The number of hydrogen-bond acceptors (Lipinski definition) is 3. The molecular formula is C10H16N2OS. The minimum Gasteiger partial charge on any atom is -0.329 e. The van der Waals surface area contributed by atoms with Gasteiger partial charge in [0.05, 0.1) is 0 Å². The summed E-state index contributed by atoms with van der Waals surface area (Å²) in [7, 11) is 0. The predicted molar refractivity (Wildman–Crippen MR) is 58.8 cm³/mol. The molecule has 2 N–H and O–H groups in total. The third-order valence-corrected chi connectivity index (χ3v) is 3.72. The Morgan fingerprint density at radius 3 is 2.86 bits per heavy atom. The SMILES string of the molecule is NCCn1c(C2CCCC2)csc1=O. The maximum atomic E-state index is 11.5. The second kappa shape index (κ2) is 4.28. The van der Waals surface area contributed by atoms with Crippen molar-refractivity contribution < 1.29 is 0 Å². The molecular weight excluding hydrogens is 196 g/mol. The van der Waals surface area contributed by atoms with Crippen molar-refractivity contribution in [3.05, 3.63) is 20.7 Å². The van der Waals surface area contributed by atoms with Gasteiger partial charge in [0, 0.05) is 30.1 Å². The summed E-state index contributed by atoms with van der Waals surface area (Å²) < 4.78 is 1.86. The average Bonchev–Trinajstić information content (AvgIpc) is 2.77. The first-order valence-electron chi connectivity index (χ1n) is 5.21. The van der Waals surface area contributed by atoms with E-state index in [4.69, 9.17) is 5.73 Å². The highest BCUT2D eigenvalue weighted by Gasteiger charge is 2.21. The lowest BCUT2D eigenvalue weighted by Gasteiger charge is -2.11. The summed E-state index contributed by atoms with van der Waals surface area (Å²) in [5.74, 6) is 0.612. The van der Waals surface area contributed by atoms with Gasteiger partial charge in [0.25, 0.3) is 0 Å². The normalized spacial score (nSPS) is 17.8. The van der Waals surface area contributed by atoms with E-state index in [-0.39, 0.29) is 4.87 Å². The van der Waals surface area contributed by atoms with Crippen molar-refractivity contribution in [2.45, 2.75) is 38.1 Å². The molecule has 4 heteroatoms. The standard InChI is InChI=1S/C10H16N2OS/c11-5-6-12-9(7-14-10(12)13)8-3-1-2-4-8/h7-8H,1-6,11H2. The van der Waals surface area contributed by atoms with E-state index in [9.17, 15) is 4.79 Å². The van der Waals surface area contributed by atoms with Crippen LogP contribution in [-0.4, -0.2) is 11.1 Å². The van der Waals surface area contributed by atoms with Crippen LogP contribution in [0, 0.1) is 0 Å².